The third kappa shape index (κ3) is 4.16. The molecule has 0 unspecified atom stereocenters. The second kappa shape index (κ2) is 9.35. The van der Waals surface area contributed by atoms with E-state index in [9.17, 15) is 9.59 Å². The van der Waals surface area contributed by atoms with Gasteiger partial charge in [0, 0.05) is 12.1 Å². The first-order chi connectivity index (χ1) is 15.5. The fourth-order valence-corrected chi connectivity index (χ4v) is 4.75. The third-order valence-electron chi connectivity index (χ3n) is 5.15. The van der Waals surface area contributed by atoms with Crippen molar-refractivity contribution in [1.29, 1.82) is 0 Å². The predicted octanol–water partition coefficient (Wildman–Crippen LogP) is 2.95. The number of aryl methyl sites for hydroxylation is 1. The number of amides is 2. The number of methoxy groups -OCH3 is 2. The van der Waals surface area contributed by atoms with Crippen LogP contribution < -0.4 is 19.7 Å². The molecular weight excluding hydrogens is 428 g/mol. The van der Waals surface area contributed by atoms with Crippen LogP contribution in [0, 0.1) is 6.92 Å². The monoisotopic (exact) mass is 452 g/mol. The Hall–Kier alpha value is -3.46. The molecule has 8 nitrogen and oxygen atoms in total. The van der Waals surface area contributed by atoms with E-state index in [0.29, 0.717) is 22.9 Å². The van der Waals surface area contributed by atoms with Gasteiger partial charge in [0.15, 0.2) is 11.5 Å². The fraction of sp³-hybridized carbons (Fsp3) is 0.261. The maximum absolute atomic E-state index is 12.8. The molecule has 3 aromatic rings. The van der Waals surface area contributed by atoms with Crippen LogP contribution in [-0.2, 0) is 16.1 Å². The number of nitrogens with one attached hydrogen (secondary N) is 1. The van der Waals surface area contributed by atoms with Crippen LogP contribution >= 0.6 is 11.8 Å². The molecule has 1 N–H and O–H groups in total. The third-order valence-corrected chi connectivity index (χ3v) is 6.18. The highest BCUT2D eigenvalue weighted by Crippen LogP contribution is 2.39. The van der Waals surface area contributed by atoms with Crippen molar-refractivity contribution in [3.8, 4) is 17.2 Å². The van der Waals surface area contributed by atoms with E-state index in [2.05, 4.69) is 10.4 Å². The summed E-state index contributed by atoms with van der Waals surface area (Å²) in [4.78, 5) is 27.0. The number of nitrogens with zero attached hydrogens (tertiary/aromatic N) is 3. The Morgan fingerprint density at radius 1 is 1.12 bits per heavy atom. The molecule has 166 valence electrons. The SMILES string of the molecule is COc1cccc(CNC(=O)CN2C(=O)CSc3c2c(C)nn3-c2ccccc2)c1OC. The molecule has 0 aliphatic carbocycles. The molecule has 0 saturated heterocycles. The van der Waals surface area contributed by atoms with Crippen LogP contribution in [0.5, 0.6) is 11.5 Å². The molecule has 9 heteroatoms. The van der Waals surface area contributed by atoms with E-state index in [1.807, 2.05) is 54.1 Å². The summed E-state index contributed by atoms with van der Waals surface area (Å²) in [6.45, 7) is 2.02. The van der Waals surface area contributed by atoms with Gasteiger partial charge in [-0.15, -0.1) is 0 Å². The topological polar surface area (TPSA) is 85.7 Å². The predicted molar refractivity (Wildman–Crippen MR) is 123 cm³/mol. The van der Waals surface area contributed by atoms with Gasteiger partial charge < -0.3 is 14.8 Å². The van der Waals surface area contributed by atoms with Gasteiger partial charge in [0.25, 0.3) is 0 Å². The molecule has 0 bridgehead atoms. The first-order valence-corrected chi connectivity index (χ1v) is 11.1. The highest BCUT2D eigenvalue weighted by atomic mass is 32.2. The van der Waals surface area contributed by atoms with Crippen LogP contribution in [0.15, 0.2) is 53.6 Å². The molecule has 0 atom stereocenters. The van der Waals surface area contributed by atoms with Gasteiger partial charge in [-0.1, -0.05) is 42.1 Å². The molecule has 0 radical (unpaired) electrons. The standard InChI is InChI=1S/C23H24N4O4S/c1-15-21-23(27(25-15)17-9-5-4-6-10-17)32-14-20(29)26(21)13-19(28)24-12-16-8-7-11-18(30-2)22(16)31-3/h4-11H,12-14H2,1-3H3,(H,24,28). The first kappa shape index (κ1) is 21.8. The number of para-hydroxylation sites is 2. The molecule has 1 aliphatic heterocycles. The van der Waals surface area contributed by atoms with Crippen molar-refractivity contribution in [2.45, 2.75) is 18.5 Å². The zero-order chi connectivity index (χ0) is 22.7. The number of rotatable bonds is 7. The molecule has 32 heavy (non-hydrogen) atoms. The van der Waals surface area contributed by atoms with Crippen LogP contribution in [-0.4, -0.2) is 48.1 Å². The van der Waals surface area contributed by atoms with E-state index in [-0.39, 0.29) is 30.7 Å². The van der Waals surface area contributed by atoms with Crippen molar-refractivity contribution in [2.75, 3.05) is 31.4 Å². The summed E-state index contributed by atoms with van der Waals surface area (Å²) >= 11 is 1.44. The van der Waals surface area contributed by atoms with Gasteiger partial charge >= 0.3 is 0 Å². The molecule has 1 aliphatic rings. The summed E-state index contributed by atoms with van der Waals surface area (Å²) < 4.78 is 12.6. The summed E-state index contributed by atoms with van der Waals surface area (Å²) in [5, 5.41) is 8.37. The minimum absolute atomic E-state index is 0.0833. The normalized spacial score (nSPS) is 13.0. The van der Waals surface area contributed by atoms with Crippen molar-refractivity contribution in [1.82, 2.24) is 15.1 Å². The van der Waals surface area contributed by atoms with Gasteiger partial charge in [-0.3, -0.25) is 14.5 Å². The quantitative estimate of drug-likeness (QED) is 0.593. The molecule has 1 aromatic heterocycles. The zero-order valence-electron chi connectivity index (χ0n) is 18.1. The lowest BCUT2D eigenvalue weighted by atomic mass is 10.2. The number of anilines is 1. The Labute approximate surface area is 190 Å². The van der Waals surface area contributed by atoms with Gasteiger partial charge in [-0.05, 0) is 25.1 Å². The van der Waals surface area contributed by atoms with Crippen molar-refractivity contribution in [3.63, 3.8) is 0 Å². The number of carbonyl (C=O) groups is 2. The van der Waals surface area contributed by atoms with Crippen molar-refractivity contribution in [3.05, 3.63) is 59.8 Å². The number of benzene rings is 2. The van der Waals surface area contributed by atoms with Crippen LogP contribution in [0.4, 0.5) is 5.69 Å². The summed E-state index contributed by atoms with van der Waals surface area (Å²) in [6.07, 6.45) is 0. The van der Waals surface area contributed by atoms with E-state index in [4.69, 9.17) is 9.47 Å². The highest BCUT2D eigenvalue weighted by molar-refractivity contribution is 8.00. The van der Waals surface area contributed by atoms with Crippen LogP contribution in [0.1, 0.15) is 11.3 Å². The van der Waals surface area contributed by atoms with E-state index >= 15 is 0 Å². The Bertz CT molecular complexity index is 1150. The zero-order valence-corrected chi connectivity index (χ0v) is 18.9. The first-order valence-electron chi connectivity index (χ1n) is 10.1. The van der Waals surface area contributed by atoms with E-state index in [1.165, 1.54) is 16.7 Å². The Morgan fingerprint density at radius 3 is 2.62 bits per heavy atom. The number of fused-ring (bicyclic) bond motifs is 1. The van der Waals surface area contributed by atoms with Gasteiger partial charge in [-0.2, -0.15) is 5.10 Å². The van der Waals surface area contributed by atoms with Crippen LogP contribution in [0.25, 0.3) is 5.69 Å². The molecular formula is C23H24N4O4S. The second-order valence-corrected chi connectivity index (χ2v) is 8.15. The summed E-state index contributed by atoms with van der Waals surface area (Å²) in [7, 11) is 3.12. The number of aromatic nitrogens is 2. The number of thioether (sulfide) groups is 1. The molecule has 0 fully saturated rings. The smallest absolute Gasteiger partial charge is 0.240 e. The van der Waals surface area contributed by atoms with E-state index < -0.39 is 0 Å². The van der Waals surface area contributed by atoms with Crippen molar-refractivity contribution < 1.29 is 19.1 Å². The Kier molecular flexibility index (Phi) is 6.36. The lowest BCUT2D eigenvalue weighted by Crippen LogP contribution is -2.43. The molecule has 0 spiro atoms. The number of hydrogen-bond acceptors (Lipinski definition) is 6. The minimum atomic E-state index is -0.270. The number of ether oxygens (including phenoxy) is 2. The fourth-order valence-electron chi connectivity index (χ4n) is 3.67. The van der Waals surface area contributed by atoms with Gasteiger partial charge in [0.1, 0.15) is 11.6 Å². The second-order valence-electron chi connectivity index (χ2n) is 7.18. The summed E-state index contributed by atoms with van der Waals surface area (Å²) in [5.41, 5.74) is 3.08. The largest absolute Gasteiger partial charge is 0.493 e. The summed E-state index contributed by atoms with van der Waals surface area (Å²) in [5.74, 6) is 1.03. The van der Waals surface area contributed by atoms with Gasteiger partial charge in [0.2, 0.25) is 11.8 Å². The number of hydrogen-bond donors (Lipinski definition) is 1. The van der Waals surface area contributed by atoms with Crippen molar-refractivity contribution in [2.24, 2.45) is 0 Å². The van der Waals surface area contributed by atoms with Gasteiger partial charge in [0.05, 0.1) is 37.0 Å². The van der Waals surface area contributed by atoms with E-state index in [1.54, 1.807) is 20.3 Å². The Balaban J connectivity index is 1.53. The summed E-state index contributed by atoms with van der Waals surface area (Å²) in [6, 6.07) is 15.2. The average Bonchev–Trinajstić information content (AvgIpc) is 3.16. The lowest BCUT2D eigenvalue weighted by molar-refractivity contribution is -0.123. The van der Waals surface area contributed by atoms with E-state index in [0.717, 1.165) is 16.3 Å². The number of carbonyl (C=O) groups excluding carboxylic acids is 2. The maximum atomic E-state index is 12.8. The lowest BCUT2D eigenvalue weighted by Gasteiger charge is -2.27. The molecule has 2 amide bonds. The minimum Gasteiger partial charge on any atom is -0.493 e. The van der Waals surface area contributed by atoms with Gasteiger partial charge in [-0.25, -0.2) is 4.68 Å². The highest BCUT2D eigenvalue weighted by Gasteiger charge is 2.32. The maximum Gasteiger partial charge on any atom is 0.240 e. The Morgan fingerprint density at radius 2 is 1.91 bits per heavy atom. The van der Waals surface area contributed by atoms with Crippen molar-refractivity contribution >= 4 is 29.3 Å². The molecule has 0 saturated carbocycles. The molecule has 2 heterocycles. The molecule has 2 aromatic carbocycles. The van der Waals surface area contributed by atoms with Crippen LogP contribution in [0.3, 0.4) is 0 Å². The van der Waals surface area contributed by atoms with Crippen LogP contribution in [0.2, 0.25) is 0 Å². The molecule has 4 rings (SSSR count). The average molecular weight is 453 g/mol.